The Morgan fingerprint density at radius 2 is 2.44 bits per heavy atom. The Labute approximate surface area is 110 Å². The van der Waals surface area contributed by atoms with Gasteiger partial charge in [-0.2, -0.15) is 11.8 Å². The van der Waals surface area contributed by atoms with Crippen LogP contribution in [0.15, 0.2) is 23.0 Å². The SMILES string of the molecule is Cn1c(=O)[nH]c2ccc(NCC3CCSC3)cc21. The lowest BCUT2D eigenvalue weighted by molar-refractivity contribution is 0.632. The maximum atomic E-state index is 11.5. The Morgan fingerprint density at radius 1 is 1.56 bits per heavy atom. The van der Waals surface area contributed by atoms with Crippen molar-refractivity contribution in [1.82, 2.24) is 9.55 Å². The van der Waals surface area contributed by atoms with E-state index < -0.39 is 0 Å². The zero-order valence-electron chi connectivity index (χ0n) is 10.4. The molecule has 1 aromatic heterocycles. The first-order valence-corrected chi connectivity index (χ1v) is 7.40. The Hall–Kier alpha value is -1.36. The summed E-state index contributed by atoms with van der Waals surface area (Å²) < 4.78 is 1.64. The minimum absolute atomic E-state index is 0.0608. The molecular weight excluding hydrogens is 246 g/mol. The van der Waals surface area contributed by atoms with Crippen LogP contribution in [-0.2, 0) is 7.05 Å². The van der Waals surface area contributed by atoms with E-state index in [0.29, 0.717) is 0 Å². The van der Waals surface area contributed by atoms with Gasteiger partial charge in [-0.05, 0) is 42.0 Å². The highest BCUT2D eigenvalue weighted by molar-refractivity contribution is 7.99. The van der Waals surface area contributed by atoms with Crippen LogP contribution in [0.1, 0.15) is 6.42 Å². The summed E-state index contributed by atoms with van der Waals surface area (Å²) in [5, 5.41) is 3.47. The molecule has 1 saturated heterocycles. The maximum absolute atomic E-state index is 11.5. The van der Waals surface area contributed by atoms with Gasteiger partial charge < -0.3 is 10.3 Å². The number of benzene rings is 1. The van der Waals surface area contributed by atoms with Crippen molar-refractivity contribution in [3.8, 4) is 0 Å². The largest absolute Gasteiger partial charge is 0.385 e. The van der Waals surface area contributed by atoms with E-state index in [-0.39, 0.29) is 5.69 Å². The molecule has 2 N–H and O–H groups in total. The van der Waals surface area contributed by atoms with Crippen molar-refractivity contribution in [3.63, 3.8) is 0 Å². The normalized spacial score (nSPS) is 19.5. The van der Waals surface area contributed by atoms with E-state index >= 15 is 0 Å². The molecule has 0 amide bonds. The van der Waals surface area contributed by atoms with Gasteiger partial charge in [0.25, 0.3) is 0 Å². The summed E-state index contributed by atoms with van der Waals surface area (Å²) in [5.74, 6) is 3.33. The molecule has 96 valence electrons. The van der Waals surface area contributed by atoms with E-state index in [1.54, 1.807) is 11.6 Å². The first-order chi connectivity index (χ1) is 8.74. The second-order valence-electron chi connectivity index (χ2n) is 4.83. The van der Waals surface area contributed by atoms with Crippen LogP contribution in [-0.4, -0.2) is 27.6 Å². The summed E-state index contributed by atoms with van der Waals surface area (Å²) in [5.41, 5.74) is 2.87. The molecule has 1 atom stereocenters. The molecule has 1 aliphatic heterocycles. The van der Waals surface area contributed by atoms with Crippen molar-refractivity contribution < 1.29 is 0 Å². The van der Waals surface area contributed by atoms with Crippen molar-refractivity contribution in [2.45, 2.75) is 6.42 Å². The van der Waals surface area contributed by atoms with Crippen LogP contribution in [0.4, 0.5) is 5.69 Å². The fourth-order valence-corrected chi connectivity index (χ4v) is 3.62. The first-order valence-electron chi connectivity index (χ1n) is 6.24. The summed E-state index contributed by atoms with van der Waals surface area (Å²) >= 11 is 2.04. The third kappa shape index (κ3) is 2.14. The zero-order chi connectivity index (χ0) is 12.5. The van der Waals surface area contributed by atoms with Crippen LogP contribution in [0.2, 0.25) is 0 Å². The summed E-state index contributed by atoms with van der Waals surface area (Å²) in [7, 11) is 1.79. The van der Waals surface area contributed by atoms with Crippen LogP contribution in [0.3, 0.4) is 0 Å². The van der Waals surface area contributed by atoms with E-state index in [0.717, 1.165) is 29.2 Å². The second-order valence-corrected chi connectivity index (χ2v) is 5.98. The minimum atomic E-state index is -0.0608. The highest BCUT2D eigenvalue weighted by Crippen LogP contribution is 2.24. The summed E-state index contributed by atoms with van der Waals surface area (Å²) in [6.07, 6.45) is 1.31. The number of hydrogen-bond acceptors (Lipinski definition) is 3. The van der Waals surface area contributed by atoms with Crippen LogP contribution >= 0.6 is 11.8 Å². The number of aromatic amines is 1. The van der Waals surface area contributed by atoms with Crippen molar-refractivity contribution in [2.24, 2.45) is 13.0 Å². The van der Waals surface area contributed by atoms with Gasteiger partial charge in [-0.1, -0.05) is 0 Å². The fourth-order valence-electron chi connectivity index (χ4n) is 2.34. The molecule has 0 bridgehead atoms. The lowest BCUT2D eigenvalue weighted by Gasteiger charge is -2.11. The quantitative estimate of drug-likeness (QED) is 0.891. The van der Waals surface area contributed by atoms with E-state index in [2.05, 4.69) is 10.3 Å². The van der Waals surface area contributed by atoms with Crippen molar-refractivity contribution >= 4 is 28.5 Å². The minimum Gasteiger partial charge on any atom is -0.385 e. The Morgan fingerprint density at radius 3 is 3.22 bits per heavy atom. The topological polar surface area (TPSA) is 49.8 Å². The highest BCUT2D eigenvalue weighted by atomic mass is 32.2. The smallest absolute Gasteiger partial charge is 0.326 e. The average Bonchev–Trinajstić information content (AvgIpc) is 2.97. The van der Waals surface area contributed by atoms with Gasteiger partial charge in [0.15, 0.2) is 0 Å². The second kappa shape index (κ2) is 4.72. The lowest BCUT2D eigenvalue weighted by atomic mass is 10.1. The van der Waals surface area contributed by atoms with Gasteiger partial charge in [-0.3, -0.25) is 4.57 Å². The van der Waals surface area contributed by atoms with Crippen molar-refractivity contribution in [3.05, 3.63) is 28.7 Å². The molecule has 0 radical (unpaired) electrons. The number of fused-ring (bicyclic) bond motifs is 1. The number of anilines is 1. The van der Waals surface area contributed by atoms with Gasteiger partial charge in [0.2, 0.25) is 0 Å². The summed E-state index contributed by atoms with van der Waals surface area (Å²) in [4.78, 5) is 14.3. The van der Waals surface area contributed by atoms with Crippen LogP contribution in [0.25, 0.3) is 11.0 Å². The van der Waals surface area contributed by atoms with Gasteiger partial charge in [-0.15, -0.1) is 0 Å². The van der Waals surface area contributed by atoms with E-state index in [1.165, 1.54) is 17.9 Å². The average molecular weight is 263 g/mol. The van der Waals surface area contributed by atoms with Crippen molar-refractivity contribution in [1.29, 1.82) is 0 Å². The van der Waals surface area contributed by atoms with E-state index in [4.69, 9.17) is 0 Å². The number of H-pyrrole nitrogens is 1. The summed E-state index contributed by atoms with van der Waals surface area (Å²) in [6.45, 7) is 1.02. The molecule has 18 heavy (non-hydrogen) atoms. The number of aryl methyl sites for hydroxylation is 1. The molecule has 1 unspecified atom stereocenters. The predicted molar refractivity (Wildman–Crippen MR) is 77.5 cm³/mol. The third-order valence-corrected chi connectivity index (χ3v) is 4.76. The number of imidazole rings is 1. The highest BCUT2D eigenvalue weighted by Gasteiger charge is 2.15. The maximum Gasteiger partial charge on any atom is 0.326 e. The molecule has 2 aromatic rings. The molecule has 1 fully saturated rings. The molecule has 0 aliphatic carbocycles. The van der Waals surface area contributed by atoms with Crippen LogP contribution in [0, 0.1) is 5.92 Å². The number of nitrogens with one attached hydrogen (secondary N) is 2. The monoisotopic (exact) mass is 263 g/mol. The Kier molecular flexibility index (Phi) is 3.07. The van der Waals surface area contributed by atoms with Gasteiger partial charge in [0.05, 0.1) is 11.0 Å². The van der Waals surface area contributed by atoms with E-state index in [1.807, 2.05) is 30.0 Å². The molecule has 4 nitrogen and oxygen atoms in total. The van der Waals surface area contributed by atoms with Crippen LogP contribution in [0.5, 0.6) is 0 Å². The first kappa shape index (κ1) is 11.7. The van der Waals surface area contributed by atoms with Gasteiger partial charge >= 0.3 is 5.69 Å². The molecule has 0 saturated carbocycles. The lowest BCUT2D eigenvalue weighted by Crippen LogP contribution is -2.13. The van der Waals surface area contributed by atoms with Crippen LogP contribution < -0.4 is 11.0 Å². The molecule has 1 aromatic carbocycles. The predicted octanol–water partition coefficient (Wildman–Crippen LogP) is 2.03. The number of hydrogen-bond donors (Lipinski definition) is 2. The molecule has 2 heterocycles. The van der Waals surface area contributed by atoms with Gasteiger partial charge in [-0.25, -0.2) is 4.79 Å². The zero-order valence-corrected chi connectivity index (χ0v) is 11.2. The molecule has 1 aliphatic rings. The molecule has 3 rings (SSSR count). The van der Waals surface area contributed by atoms with E-state index in [9.17, 15) is 4.79 Å². The fraction of sp³-hybridized carbons (Fsp3) is 0.462. The standard InChI is InChI=1S/C13H17N3OS/c1-16-12-6-10(2-3-11(12)15-13(16)17)14-7-9-4-5-18-8-9/h2-3,6,9,14H,4-5,7-8H2,1H3,(H,15,17). The summed E-state index contributed by atoms with van der Waals surface area (Å²) in [6, 6.07) is 6.03. The number of thioether (sulfide) groups is 1. The molecular formula is C13H17N3OS. The Bertz CT molecular complexity index is 610. The number of rotatable bonds is 3. The molecule has 0 spiro atoms. The van der Waals surface area contributed by atoms with Gasteiger partial charge in [0.1, 0.15) is 0 Å². The third-order valence-electron chi connectivity index (χ3n) is 3.52. The number of nitrogens with zero attached hydrogens (tertiary/aromatic N) is 1. The number of aromatic nitrogens is 2. The van der Waals surface area contributed by atoms with Crippen molar-refractivity contribution in [2.75, 3.05) is 23.4 Å². The molecule has 5 heteroatoms. The van der Waals surface area contributed by atoms with Gasteiger partial charge in [0, 0.05) is 19.3 Å². The Balaban J connectivity index is 1.79.